The fourth-order valence-corrected chi connectivity index (χ4v) is 4.99. The zero-order chi connectivity index (χ0) is 21.9. The molecule has 0 radical (unpaired) electrons. The number of rotatable bonds is 6. The van der Waals surface area contributed by atoms with Crippen LogP contribution in [-0.2, 0) is 14.6 Å². The van der Waals surface area contributed by atoms with Gasteiger partial charge in [0.05, 0.1) is 22.0 Å². The van der Waals surface area contributed by atoms with Gasteiger partial charge in [-0.2, -0.15) is 0 Å². The maximum Gasteiger partial charge on any atom is 0.217 e. The van der Waals surface area contributed by atoms with Gasteiger partial charge in [0.25, 0.3) is 0 Å². The summed E-state index contributed by atoms with van der Waals surface area (Å²) in [5.41, 5.74) is 0.437. The quantitative estimate of drug-likeness (QED) is 0.683. The molecule has 162 valence electrons. The SMILES string of the molecule is CC(=O)NC1CCC(c2ncc(Cl)c(Nc3ccccc3S(=O)(=O)C(C)C)n2)CC1. The van der Waals surface area contributed by atoms with Crippen LogP contribution in [0.25, 0.3) is 0 Å². The van der Waals surface area contributed by atoms with Crippen LogP contribution in [0.2, 0.25) is 5.02 Å². The van der Waals surface area contributed by atoms with Gasteiger partial charge in [0.1, 0.15) is 10.8 Å². The fourth-order valence-electron chi connectivity index (χ4n) is 3.65. The van der Waals surface area contributed by atoms with Crippen molar-refractivity contribution < 1.29 is 13.2 Å². The van der Waals surface area contributed by atoms with Gasteiger partial charge >= 0.3 is 0 Å². The first kappa shape index (κ1) is 22.5. The van der Waals surface area contributed by atoms with Crippen molar-refractivity contribution in [2.75, 3.05) is 5.32 Å². The van der Waals surface area contributed by atoms with Crippen LogP contribution >= 0.6 is 11.6 Å². The number of anilines is 2. The van der Waals surface area contributed by atoms with Crippen molar-refractivity contribution in [3.63, 3.8) is 0 Å². The molecular formula is C21H27ClN4O3S. The summed E-state index contributed by atoms with van der Waals surface area (Å²) in [5, 5.41) is 5.84. The monoisotopic (exact) mass is 450 g/mol. The summed E-state index contributed by atoms with van der Waals surface area (Å²) in [6, 6.07) is 6.93. The van der Waals surface area contributed by atoms with E-state index >= 15 is 0 Å². The second-order valence-electron chi connectivity index (χ2n) is 7.89. The molecule has 7 nitrogen and oxygen atoms in total. The van der Waals surface area contributed by atoms with Gasteiger partial charge in [-0.05, 0) is 51.7 Å². The van der Waals surface area contributed by atoms with Gasteiger partial charge in [0, 0.05) is 18.9 Å². The van der Waals surface area contributed by atoms with Crippen molar-refractivity contribution in [1.29, 1.82) is 0 Å². The van der Waals surface area contributed by atoms with Crippen molar-refractivity contribution in [3.8, 4) is 0 Å². The third kappa shape index (κ3) is 5.10. The van der Waals surface area contributed by atoms with Crippen LogP contribution in [-0.4, -0.2) is 35.6 Å². The van der Waals surface area contributed by atoms with E-state index in [4.69, 9.17) is 11.6 Å². The lowest BCUT2D eigenvalue weighted by molar-refractivity contribution is -0.119. The predicted molar refractivity (Wildman–Crippen MR) is 118 cm³/mol. The molecule has 1 aliphatic rings. The number of hydrogen-bond acceptors (Lipinski definition) is 6. The number of nitrogens with zero attached hydrogens (tertiary/aromatic N) is 2. The number of benzene rings is 1. The lowest BCUT2D eigenvalue weighted by atomic mass is 9.85. The Morgan fingerprint density at radius 3 is 2.47 bits per heavy atom. The molecule has 9 heteroatoms. The predicted octanol–water partition coefficient (Wildman–Crippen LogP) is 4.22. The van der Waals surface area contributed by atoms with Crippen LogP contribution < -0.4 is 10.6 Å². The Balaban J connectivity index is 1.82. The Bertz CT molecular complexity index is 1020. The normalized spacial score (nSPS) is 19.5. The molecular weight excluding hydrogens is 424 g/mol. The zero-order valence-corrected chi connectivity index (χ0v) is 18.9. The van der Waals surface area contributed by atoms with E-state index in [0.29, 0.717) is 22.4 Å². The number of nitrogens with one attached hydrogen (secondary N) is 2. The highest BCUT2D eigenvalue weighted by molar-refractivity contribution is 7.92. The highest BCUT2D eigenvalue weighted by atomic mass is 35.5. The Hall–Kier alpha value is -2.19. The molecule has 1 amide bonds. The minimum atomic E-state index is -3.47. The molecule has 1 saturated carbocycles. The lowest BCUT2D eigenvalue weighted by Crippen LogP contribution is -2.36. The van der Waals surface area contributed by atoms with Gasteiger partial charge in [-0.25, -0.2) is 18.4 Å². The lowest BCUT2D eigenvalue weighted by Gasteiger charge is -2.28. The van der Waals surface area contributed by atoms with E-state index in [0.717, 1.165) is 25.7 Å². The number of aromatic nitrogens is 2. The van der Waals surface area contributed by atoms with E-state index in [1.807, 2.05) is 0 Å². The van der Waals surface area contributed by atoms with Crippen LogP contribution in [0, 0.1) is 0 Å². The van der Waals surface area contributed by atoms with E-state index in [1.165, 1.54) is 6.92 Å². The van der Waals surface area contributed by atoms with Crippen molar-refractivity contribution in [3.05, 3.63) is 41.3 Å². The topological polar surface area (TPSA) is 101 Å². The van der Waals surface area contributed by atoms with E-state index in [-0.39, 0.29) is 22.8 Å². The number of carbonyl (C=O) groups excluding carboxylic acids is 1. The van der Waals surface area contributed by atoms with Gasteiger partial charge in [-0.3, -0.25) is 4.79 Å². The molecule has 1 aromatic carbocycles. The minimum Gasteiger partial charge on any atom is -0.354 e. The van der Waals surface area contributed by atoms with E-state index in [9.17, 15) is 13.2 Å². The summed E-state index contributed by atoms with van der Waals surface area (Å²) in [6.07, 6.45) is 5.02. The summed E-state index contributed by atoms with van der Waals surface area (Å²) in [5.74, 6) is 1.22. The van der Waals surface area contributed by atoms with Crippen molar-refractivity contribution in [2.24, 2.45) is 0 Å². The largest absolute Gasteiger partial charge is 0.354 e. The van der Waals surface area contributed by atoms with E-state index in [2.05, 4.69) is 20.6 Å². The third-order valence-corrected chi connectivity index (χ3v) is 7.82. The van der Waals surface area contributed by atoms with Gasteiger partial charge < -0.3 is 10.6 Å². The number of halogens is 1. The number of para-hydroxylation sites is 1. The van der Waals surface area contributed by atoms with Crippen LogP contribution in [0.5, 0.6) is 0 Å². The van der Waals surface area contributed by atoms with Crippen molar-refractivity contribution >= 4 is 38.9 Å². The molecule has 1 fully saturated rings. The molecule has 30 heavy (non-hydrogen) atoms. The Kier molecular flexibility index (Phi) is 6.98. The molecule has 1 aromatic heterocycles. The van der Waals surface area contributed by atoms with Crippen LogP contribution in [0.15, 0.2) is 35.4 Å². The smallest absolute Gasteiger partial charge is 0.217 e. The molecule has 0 spiro atoms. The van der Waals surface area contributed by atoms with E-state index in [1.54, 1.807) is 44.3 Å². The highest BCUT2D eigenvalue weighted by Gasteiger charge is 2.26. The summed E-state index contributed by atoms with van der Waals surface area (Å²) < 4.78 is 25.4. The van der Waals surface area contributed by atoms with Gasteiger partial charge in [-0.1, -0.05) is 23.7 Å². The third-order valence-electron chi connectivity index (χ3n) is 5.33. The van der Waals surface area contributed by atoms with Gasteiger partial charge in [-0.15, -0.1) is 0 Å². The Morgan fingerprint density at radius 2 is 1.83 bits per heavy atom. The summed E-state index contributed by atoms with van der Waals surface area (Å²) >= 11 is 6.31. The summed E-state index contributed by atoms with van der Waals surface area (Å²) in [6.45, 7) is 4.84. The number of hydrogen-bond donors (Lipinski definition) is 2. The maximum absolute atomic E-state index is 12.7. The second kappa shape index (κ2) is 9.31. The standard InChI is InChI=1S/C21H27ClN4O3S/c1-13(2)30(28,29)19-7-5-4-6-18(19)25-21-17(22)12-23-20(26-21)15-8-10-16(11-9-15)24-14(3)27/h4-7,12-13,15-16H,8-11H2,1-3H3,(H,24,27)(H,23,25,26). The fraction of sp³-hybridized carbons (Fsp3) is 0.476. The number of amides is 1. The minimum absolute atomic E-state index is 0.0114. The molecule has 0 atom stereocenters. The average molecular weight is 451 g/mol. The van der Waals surface area contributed by atoms with Crippen molar-refractivity contribution in [2.45, 2.75) is 68.6 Å². The Labute approximate surface area is 182 Å². The molecule has 0 saturated heterocycles. The number of carbonyl (C=O) groups is 1. The maximum atomic E-state index is 12.7. The molecule has 3 rings (SSSR count). The van der Waals surface area contributed by atoms with Crippen LogP contribution in [0.1, 0.15) is 58.2 Å². The molecule has 0 bridgehead atoms. The average Bonchev–Trinajstić information content (AvgIpc) is 2.70. The molecule has 0 aliphatic heterocycles. The first-order valence-corrected chi connectivity index (χ1v) is 12.0. The van der Waals surface area contributed by atoms with Gasteiger partial charge in [0.2, 0.25) is 5.91 Å². The summed E-state index contributed by atoms with van der Waals surface area (Å²) in [4.78, 5) is 20.5. The molecule has 1 heterocycles. The van der Waals surface area contributed by atoms with Gasteiger partial charge in [0.15, 0.2) is 15.7 Å². The number of sulfone groups is 1. The van der Waals surface area contributed by atoms with Crippen LogP contribution in [0.4, 0.5) is 11.5 Å². The summed E-state index contributed by atoms with van der Waals surface area (Å²) in [7, 11) is -3.47. The highest BCUT2D eigenvalue weighted by Crippen LogP contribution is 2.34. The second-order valence-corrected chi connectivity index (χ2v) is 10.8. The van der Waals surface area contributed by atoms with Crippen molar-refractivity contribution in [1.82, 2.24) is 15.3 Å². The molecule has 0 unspecified atom stereocenters. The molecule has 1 aliphatic carbocycles. The Morgan fingerprint density at radius 1 is 1.17 bits per heavy atom. The first-order valence-electron chi connectivity index (χ1n) is 10.1. The molecule has 2 N–H and O–H groups in total. The molecule has 2 aromatic rings. The van der Waals surface area contributed by atoms with Crippen LogP contribution in [0.3, 0.4) is 0 Å². The zero-order valence-electron chi connectivity index (χ0n) is 17.4. The first-order chi connectivity index (χ1) is 14.2. The van der Waals surface area contributed by atoms with E-state index < -0.39 is 15.1 Å².